The Morgan fingerprint density at radius 3 is 1.26 bits per heavy atom. The molecule has 4 heterocycles. The Bertz CT molecular complexity index is 2500. The lowest BCUT2D eigenvalue weighted by atomic mass is 9.91. The molecule has 0 N–H and O–H groups in total. The highest BCUT2D eigenvalue weighted by Crippen LogP contribution is 2.41. The molecule has 0 fully saturated rings. The summed E-state index contributed by atoms with van der Waals surface area (Å²) in [6.45, 7) is 21.9. The molecule has 0 spiro atoms. The van der Waals surface area contributed by atoms with Crippen LogP contribution in [0.1, 0.15) is 86.3 Å². The van der Waals surface area contributed by atoms with Crippen LogP contribution in [0.2, 0.25) is 0 Å². The van der Waals surface area contributed by atoms with Gasteiger partial charge in [0.1, 0.15) is 22.3 Å². The van der Waals surface area contributed by atoms with E-state index in [9.17, 15) is 0 Å². The molecule has 268 valence electrons. The largest absolute Gasteiger partial charge is 0.455 e. The fourth-order valence-corrected chi connectivity index (χ4v) is 7.97. The fourth-order valence-electron chi connectivity index (χ4n) is 7.97. The van der Waals surface area contributed by atoms with E-state index in [0.717, 1.165) is 102 Å². The zero-order valence-corrected chi connectivity index (χ0v) is 32.7. The highest BCUT2D eigenvalue weighted by Gasteiger charge is 2.21. The van der Waals surface area contributed by atoms with E-state index >= 15 is 0 Å². The van der Waals surface area contributed by atoms with E-state index in [0.29, 0.717) is 6.42 Å². The van der Waals surface area contributed by atoms with Crippen LogP contribution in [-0.4, -0.2) is 19.9 Å². The molecule has 0 aliphatic rings. The van der Waals surface area contributed by atoms with Gasteiger partial charge in [-0.25, -0.2) is 0 Å². The molecule has 0 unspecified atom stereocenters. The third-order valence-electron chi connectivity index (χ3n) is 9.94. The smallest absolute Gasteiger partial charge is 0.144 e. The van der Waals surface area contributed by atoms with Crippen molar-refractivity contribution in [3.63, 3.8) is 0 Å². The first-order chi connectivity index (χ1) is 25.1. The molecule has 0 radical (unpaired) electrons. The van der Waals surface area contributed by atoms with Crippen molar-refractivity contribution in [3.05, 3.63) is 118 Å². The summed E-state index contributed by atoms with van der Waals surface area (Å²) in [6, 6.07) is 17.8. The van der Waals surface area contributed by atoms with Crippen molar-refractivity contribution in [2.45, 2.75) is 88.5 Å². The van der Waals surface area contributed by atoms with Gasteiger partial charge in [-0.1, -0.05) is 53.7 Å². The maximum Gasteiger partial charge on any atom is 0.144 e. The Morgan fingerprint density at radius 1 is 0.491 bits per heavy atom. The molecule has 53 heavy (non-hydrogen) atoms. The number of furan rings is 2. The van der Waals surface area contributed by atoms with E-state index in [1.54, 1.807) is 0 Å². The van der Waals surface area contributed by atoms with Crippen LogP contribution in [-0.2, 0) is 19.3 Å². The topological polar surface area (TPSA) is 77.8 Å². The zero-order valence-electron chi connectivity index (χ0n) is 32.7. The van der Waals surface area contributed by atoms with Gasteiger partial charge in [0.2, 0.25) is 0 Å². The van der Waals surface area contributed by atoms with Crippen LogP contribution in [0, 0.1) is 38.5 Å². The molecule has 4 aromatic heterocycles. The second-order valence-corrected chi connectivity index (χ2v) is 17.6. The lowest BCUT2D eigenvalue weighted by Crippen LogP contribution is -2.10. The second kappa shape index (κ2) is 12.6. The Labute approximate surface area is 311 Å². The van der Waals surface area contributed by atoms with Crippen molar-refractivity contribution in [1.29, 1.82) is 0 Å². The lowest BCUT2D eigenvalue weighted by molar-refractivity contribution is 0.405. The van der Waals surface area contributed by atoms with Crippen LogP contribution < -0.4 is 0 Å². The van der Waals surface area contributed by atoms with Gasteiger partial charge in [-0.05, 0) is 128 Å². The number of fused-ring (bicyclic) bond motifs is 6. The SMILES string of the molecule is Cc1cc(C)c2c(c1)oc1c(-c3cnc(CC(C)(C)C)cn3)cc(Cc3cc(-c4cnc(CC(C)(C)C)cn4)c4oc5cc(C)cc(C)c5c4c3)cc12. The Kier molecular flexibility index (Phi) is 8.28. The van der Waals surface area contributed by atoms with E-state index < -0.39 is 0 Å². The number of hydrogen-bond acceptors (Lipinski definition) is 6. The van der Waals surface area contributed by atoms with Gasteiger partial charge in [-0.15, -0.1) is 0 Å². The zero-order chi connectivity index (χ0) is 37.4. The molecule has 0 amide bonds. The Hall–Kier alpha value is -5.36. The summed E-state index contributed by atoms with van der Waals surface area (Å²) >= 11 is 0. The molecular formula is C47H48N4O2. The molecule has 8 aromatic rings. The summed E-state index contributed by atoms with van der Waals surface area (Å²) in [5.74, 6) is 0. The minimum absolute atomic E-state index is 0.120. The summed E-state index contributed by atoms with van der Waals surface area (Å²) in [4.78, 5) is 19.6. The average Bonchev–Trinajstić information content (AvgIpc) is 3.61. The minimum Gasteiger partial charge on any atom is -0.455 e. The molecule has 4 aromatic carbocycles. The van der Waals surface area contributed by atoms with E-state index in [-0.39, 0.29) is 10.8 Å². The number of hydrogen-bond donors (Lipinski definition) is 0. The van der Waals surface area contributed by atoms with Gasteiger partial charge in [0.05, 0.1) is 35.2 Å². The Morgan fingerprint density at radius 2 is 0.906 bits per heavy atom. The molecule has 0 bridgehead atoms. The average molecular weight is 701 g/mol. The molecule has 0 saturated heterocycles. The quantitative estimate of drug-likeness (QED) is 0.172. The first kappa shape index (κ1) is 34.7. The lowest BCUT2D eigenvalue weighted by Gasteiger charge is -2.17. The van der Waals surface area contributed by atoms with Crippen molar-refractivity contribution in [2.75, 3.05) is 0 Å². The van der Waals surface area contributed by atoms with Crippen LogP contribution in [0.5, 0.6) is 0 Å². The molecular weight excluding hydrogens is 653 g/mol. The Balaban J connectivity index is 1.31. The van der Waals surface area contributed by atoms with Gasteiger partial charge >= 0.3 is 0 Å². The molecule has 6 heteroatoms. The van der Waals surface area contributed by atoms with Crippen molar-refractivity contribution in [1.82, 2.24) is 19.9 Å². The maximum absolute atomic E-state index is 6.66. The third kappa shape index (κ3) is 6.83. The predicted octanol–water partition coefficient (Wildman–Crippen LogP) is 12.4. The summed E-state index contributed by atoms with van der Waals surface area (Å²) in [5.41, 5.74) is 16.2. The van der Waals surface area contributed by atoms with Crippen molar-refractivity contribution in [2.24, 2.45) is 10.8 Å². The third-order valence-corrected chi connectivity index (χ3v) is 9.94. The van der Waals surface area contributed by atoms with Crippen LogP contribution in [0.3, 0.4) is 0 Å². The van der Waals surface area contributed by atoms with Crippen molar-refractivity contribution in [3.8, 4) is 22.5 Å². The molecule has 6 nitrogen and oxygen atoms in total. The van der Waals surface area contributed by atoms with Gasteiger partial charge in [0, 0.05) is 45.1 Å². The number of benzene rings is 4. The van der Waals surface area contributed by atoms with E-state index in [2.05, 4.69) is 118 Å². The van der Waals surface area contributed by atoms with Crippen molar-refractivity contribution >= 4 is 43.9 Å². The maximum atomic E-state index is 6.66. The monoisotopic (exact) mass is 700 g/mol. The molecule has 0 atom stereocenters. The summed E-state index contributed by atoms with van der Waals surface area (Å²) in [6.07, 6.45) is 10.0. The normalized spacial score (nSPS) is 12.6. The van der Waals surface area contributed by atoms with E-state index in [4.69, 9.17) is 28.8 Å². The highest BCUT2D eigenvalue weighted by molar-refractivity contribution is 6.12. The number of rotatable bonds is 6. The molecule has 0 aliphatic heterocycles. The predicted molar refractivity (Wildman–Crippen MR) is 218 cm³/mol. The number of nitrogens with zero attached hydrogens (tertiary/aromatic N) is 4. The minimum atomic E-state index is 0.120. The summed E-state index contributed by atoms with van der Waals surface area (Å²) in [7, 11) is 0. The van der Waals surface area contributed by atoms with Crippen LogP contribution in [0.25, 0.3) is 66.4 Å². The first-order valence-corrected chi connectivity index (χ1v) is 18.6. The van der Waals surface area contributed by atoms with Gasteiger partial charge in [-0.3, -0.25) is 19.9 Å². The standard InChI is InChI=1S/C47H48N4O2/c1-26-11-28(3)42-36-18-30(16-34(44(36)52-40(42)13-26)38-24-48-32(22-50-38)20-46(5,6)7)15-31-17-35(39-25-49-33(23-51-39)21-47(8,9)10)45-37(19-31)43-29(4)12-27(2)14-41(43)53-45/h11-14,16-19,22-25H,15,20-21H2,1-10H3. The van der Waals surface area contributed by atoms with Gasteiger partial charge in [0.15, 0.2) is 0 Å². The highest BCUT2D eigenvalue weighted by atomic mass is 16.3. The van der Waals surface area contributed by atoms with E-state index in [1.807, 2.05) is 24.8 Å². The van der Waals surface area contributed by atoms with Crippen molar-refractivity contribution < 1.29 is 8.83 Å². The van der Waals surface area contributed by atoms with Crippen LogP contribution in [0.15, 0.2) is 82.2 Å². The number of aryl methyl sites for hydroxylation is 4. The first-order valence-electron chi connectivity index (χ1n) is 18.6. The van der Waals surface area contributed by atoms with Gasteiger partial charge in [0.25, 0.3) is 0 Å². The van der Waals surface area contributed by atoms with Crippen LogP contribution >= 0.6 is 0 Å². The fraction of sp³-hybridized carbons (Fsp3) is 0.319. The van der Waals surface area contributed by atoms with E-state index in [1.165, 1.54) is 22.3 Å². The summed E-state index contributed by atoms with van der Waals surface area (Å²) < 4.78 is 13.3. The second-order valence-electron chi connectivity index (χ2n) is 17.6. The number of aromatic nitrogens is 4. The van der Waals surface area contributed by atoms with Crippen LogP contribution in [0.4, 0.5) is 0 Å². The van der Waals surface area contributed by atoms with Gasteiger partial charge < -0.3 is 8.83 Å². The van der Waals surface area contributed by atoms with Gasteiger partial charge in [-0.2, -0.15) is 0 Å². The summed E-state index contributed by atoms with van der Waals surface area (Å²) in [5, 5.41) is 4.46. The molecule has 8 rings (SSSR count). The molecule has 0 saturated carbocycles. The molecule has 0 aliphatic carbocycles.